The summed E-state index contributed by atoms with van der Waals surface area (Å²) in [7, 11) is 0. The number of nitrogens with one attached hydrogen (secondary N) is 1. The lowest BCUT2D eigenvalue weighted by Crippen LogP contribution is -2.23. The number of hydrogen-bond acceptors (Lipinski definition) is 1. The maximum Gasteiger partial charge on any atom is 0.0384 e. The summed E-state index contributed by atoms with van der Waals surface area (Å²) >= 11 is 0. The van der Waals surface area contributed by atoms with E-state index in [1.54, 1.807) is 5.57 Å². The van der Waals surface area contributed by atoms with E-state index in [2.05, 4.69) is 102 Å². The van der Waals surface area contributed by atoms with Gasteiger partial charge in [-0.3, -0.25) is 0 Å². The van der Waals surface area contributed by atoms with Gasteiger partial charge in [0.2, 0.25) is 0 Å². The first-order chi connectivity index (χ1) is 12.6. The van der Waals surface area contributed by atoms with E-state index in [-0.39, 0.29) is 10.8 Å². The van der Waals surface area contributed by atoms with Crippen LogP contribution in [0.2, 0.25) is 0 Å². The molecule has 1 aromatic rings. The van der Waals surface area contributed by atoms with E-state index in [9.17, 15) is 0 Å². The fourth-order valence-corrected chi connectivity index (χ4v) is 3.86. The summed E-state index contributed by atoms with van der Waals surface area (Å²) in [6, 6.07) is 8.88. The zero-order valence-corrected chi connectivity index (χ0v) is 17.9. The molecule has 2 aliphatic carbocycles. The molecule has 0 amide bonds. The third-order valence-corrected chi connectivity index (χ3v) is 5.74. The summed E-state index contributed by atoms with van der Waals surface area (Å²) in [5, 5.41) is 3.76. The Kier molecular flexibility index (Phi) is 5.51. The van der Waals surface area contributed by atoms with Crippen molar-refractivity contribution in [3.05, 3.63) is 77.1 Å². The molecule has 1 N–H and O–H groups in total. The van der Waals surface area contributed by atoms with Crippen molar-refractivity contribution >= 4 is 5.69 Å². The van der Waals surface area contributed by atoms with Crippen molar-refractivity contribution in [1.29, 1.82) is 0 Å². The molecule has 144 valence electrons. The molecular weight excluding hydrogens is 326 g/mol. The molecule has 1 aromatic carbocycles. The molecule has 0 radical (unpaired) electrons. The van der Waals surface area contributed by atoms with Crippen molar-refractivity contribution in [2.45, 2.75) is 66.2 Å². The number of anilines is 1. The quantitative estimate of drug-likeness (QED) is 0.586. The topological polar surface area (TPSA) is 12.0 Å². The highest BCUT2D eigenvalue weighted by atomic mass is 14.9. The van der Waals surface area contributed by atoms with Crippen molar-refractivity contribution in [2.75, 3.05) is 5.32 Å². The van der Waals surface area contributed by atoms with Crippen LogP contribution in [0.3, 0.4) is 0 Å². The second-order valence-corrected chi connectivity index (χ2v) is 9.98. The molecule has 1 atom stereocenters. The highest BCUT2D eigenvalue weighted by molar-refractivity contribution is 5.54. The minimum absolute atomic E-state index is 0.161. The molecule has 0 saturated carbocycles. The third kappa shape index (κ3) is 4.83. The van der Waals surface area contributed by atoms with Gasteiger partial charge in [0.1, 0.15) is 0 Å². The Labute approximate surface area is 166 Å². The molecule has 0 bridgehead atoms. The van der Waals surface area contributed by atoms with E-state index < -0.39 is 0 Å². The molecule has 0 spiro atoms. The predicted molar refractivity (Wildman–Crippen MR) is 119 cm³/mol. The van der Waals surface area contributed by atoms with Crippen LogP contribution in [0.25, 0.3) is 0 Å². The number of rotatable bonds is 3. The van der Waals surface area contributed by atoms with Crippen molar-refractivity contribution in [3.63, 3.8) is 0 Å². The van der Waals surface area contributed by atoms with Gasteiger partial charge in [-0.05, 0) is 53.9 Å². The van der Waals surface area contributed by atoms with Gasteiger partial charge in [0.15, 0.2) is 0 Å². The van der Waals surface area contributed by atoms with E-state index in [0.717, 1.165) is 12.8 Å². The summed E-state index contributed by atoms with van der Waals surface area (Å²) in [6.07, 6.45) is 14.9. The first-order valence-corrected chi connectivity index (χ1v) is 10.3. The standard InChI is InChI=1S/C26H35N/c1-25(2,3)20-13-10-14-22(17-20)27-24-16-15-21(26(4,5)6)18-23(24)19-11-8-7-9-12-19/h7-8,10-11,13-17,23,27H,9,12,18H2,1-6H3. The minimum Gasteiger partial charge on any atom is -0.358 e. The lowest BCUT2D eigenvalue weighted by atomic mass is 9.74. The molecule has 0 heterocycles. The summed E-state index contributed by atoms with van der Waals surface area (Å²) in [6.45, 7) is 13.8. The first-order valence-electron chi connectivity index (χ1n) is 10.3. The van der Waals surface area contributed by atoms with Crippen LogP contribution in [0.5, 0.6) is 0 Å². The van der Waals surface area contributed by atoms with Crippen LogP contribution in [0, 0.1) is 11.3 Å². The molecule has 0 aromatic heterocycles. The monoisotopic (exact) mass is 361 g/mol. The molecule has 1 heteroatoms. The van der Waals surface area contributed by atoms with E-state index in [1.165, 1.54) is 28.9 Å². The maximum absolute atomic E-state index is 3.76. The van der Waals surface area contributed by atoms with Crippen LogP contribution in [0.4, 0.5) is 5.69 Å². The van der Waals surface area contributed by atoms with Crippen LogP contribution < -0.4 is 5.32 Å². The second kappa shape index (κ2) is 7.54. The zero-order chi connectivity index (χ0) is 19.7. The molecule has 2 aliphatic rings. The van der Waals surface area contributed by atoms with Gasteiger partial charge in [-0.1, -0.05) is 89.1 Å². The number of allylic oxidation sites excluding steroid dienone is 7. The summed E-state index contributed by atoms with van der Waals surface area (Å²) in [5.41, 5.74) is 7.36. The lowest BCUT2D eigenvalue weighted by Gasteiger charge is -2.34. The summed E-state index contributed by atoms with van der Waals surface area (Å²) in [5.74, 6) is 0.451. The maximum atomic E-state index is 3.76. The van der Waals surface area contributed by atoms with Crippen LogP contribution in [0.15, 0.2) is 71.5 Å². The van der Waals surface area contributed by atoms with Crippen LogP contribution in [-0.2, 0) is 5.41 Å². The third-order valence-electron chi connectivity index (χ3n) is 5.74. The number of benzene rings is 1. The molecule has 0 aliphatic heterocycles. The van der Waals surface area contributed by atoms with Gasteiger partial charge in [-0.2, -0.15) is 0 Å². The van der Waals surface area contributed by atoms with Crippen molar-refractivity contribution < 1.29 is 0 Å². The predicted octanol–water partition coefficient (Wildman–Crippen LogP) is 7.55. The average Bonchev–Trinajstić information content (AvgIpc) is 2.61. The van der Waals surface area contributed by atoms with Gasteiger partial charge in [-0.25, -0.2) is 0 Å². The van der Waals surface area contributed by atoms with Crippen LogP contribution in [0.1, 0.15) is 66.4 Å². The largest absolute Gasteiger partial charge is 0.358 e. The molecule has 0 saturated heterocycles. The fraction of sp³-hybridized carbons (Fsp3) is 0.462. The Bertz CT molecular complexity index is 803. The van der Waals surface area contributed by atoms with Gasteiger partial charge in [0, 0.05) is 17.3 Å². The number of hydrogen-bond donors (Lipinski definition) is 1. The highest BCUT2D eigenvalue weighted by Crippen LogP contribution is 2.41. The smallest absolute Gasteiger partial charge is 0.0384 e. The average molecular weight is 362 g/mol. The summed E-state index contributed by atoms with van der Waals surface area (Å²) < 4.78 is 0. The Morgan fingerprint density at radius 2 is 1.70 bits per heavy atom. The van der Waals surface area contributed by atoms with Crippen LogP contribution in [-0.4, -0.2) is 0 Å². The Hall–Kier alpha value is -2.02. The molecular formula is C26H35N. The van der Waals surface area contributed by atoms with Crippen molar-refractivity contribution in [2.24, 2.45) is 11.3 Å². The Morgan fingerprint density at radius 1 is 0.926 bits per heavy atom. The zero-order valence-electron chi connectivity index (χ0n) is 17.9. The van der Waals surface area contributed by atoms with E-state index in [4.69, 9.17) is 0 Å². The van der Waals surface area contributed by atoms with Gasteiger partial charge >= 0.3 is 0 Å². The van der Waals surface area contributed by atoms with Gasteiger partial charge in [-0.15, -0.1) is 0 Å². The van der Waals surface area contributed by atoms with Gasteiger partial charge in [0.25, 0.3) is 0 Å². The van der Waals surface area contributed by atoms with E-state index in [0.29, 0.717) is 5.92 Å². The van der Waals surface area contributed by atoms with Crippen LogP contribution >= 0.6 is 0 Å². The lowest BCUT2D eigenvalue weighted by molar-refractivity contribution is 0.457. The van der Waals surface area contributed by atoms with Crippen molar-refractivity contribution in [3.8, 4) is 0 Å². The van der Waals surface area contributed by atoms with Gasteiger partial charge < -0.3 is 5.32 Å². The molecule has 1 unspecified atom stereocenters. The Balaban J connectivity index is 1.93. The Morgan fingerprint density at radius 3 is 2.33 bits per heavy atom. The van der Waals surface area contributed by atoms with E-state index >= 15 is 0 Å². The SMILES string of the molecule is CC(C)(C)C1=CC=C(Nc2cccc(C(C)(C)C)c2)C(C2=CC=CCC2)C1. The molecule has 1 nitrogen and oxygen atoms in total. The van der Waals surface area contributed by atoms with Crippen molar-refractivity contribution in [1.82, 2.24) is 0 Å². The molecule has 3 rings (SSSR count). The molecule has 0 fully saturated rings. The molecule has 27 heavy (non-hydrogen) atoms. The minimum atomic E-state index is 0.161. The highest BCUT2D eigenvalue weighted by Gasteiger charge is 2.28. The summed E-state index contributed by atoms with van der Waals surface area (Å²) in [4.78, 5) is 0. The second-order valence-electron chi connectivity index (χ2n) is 9.98. The van der Waals surface area contributed by atoms with Gasteiger partial charge in [0.05, 0.1) is 0 Å². The van der Waals surface area contributed by atoms with E-state index in [1.807, 2.05) is 0 Å². The normalized spacial score (nSPS) is 20.7. The fourth-order valence-electron chi connectivity index (χ4n) is 3.86. The first kappa shape index (κ1) is 19.7.